The molecule has 1 fully saturated rings. The summed E-state index contributed by atoms with van der Waals surface area (Å²) in [5.74, 6) is 0.860. The van der Waals surface area contributed by atoms with Crippen LogP contribution in [0.25, 0.3) is 0 Å². The number of nitrogens with zero attached hydrogens (tertiary/aromatic N) is 1. The van der Waals surface area contributed by atoms with Gasteiger partial charge in [-0.1, -0.05) is 25.5 Å². The summed E-state index contributed by atoms with van der Waals surface area (Å²) in [6, 6.07) is 9.41. The molecule has 1 saturated carbocycles. The van der Waals surface area contributed by atoms with Crippen molar-refractivity contribution >= 4 is 5.91 Å². The molecule has 0 heterocycles. The number of carbonyl (C=O) groups excluding carboxylic acids is 1. The van der Waals surface area contributed by atoms with E-state index in [1.54, 1.807) is 12.1 Å². The molecule has 0 aromatic heterocycles. The van der Waals surface area contributed by atoms with Crippen LogP contribution in [0, 0.1) is 23.2 Å². The average Bonchev–Trinajstić information content (AvgIpc) is 2.83. The fourth-order valence-corrected chi connectivity index (χ4v) is 2.55. The summed E-state index contributed by atoms with van der Waals surface area (Å²) in [4.78, 5) is 12.0. The molecule has 1 aromatic carbocycles. The van der Waals surface area contributed by atoms with Gasteiger partial charge in [-0.2, -0.15) is 5.26 Å². The lowest BCUT2D eigenvalue weighted by Gasteiger charge is -2.15. The fraction of sp³-hybridized carbons (Fsp3) is 0.467. The summed E-state index contributed by atoms with van der Waals surface area (Å²) < 4.78 is 0. The van der Waals surface area contributed by atoms with Gasteiger partial charge in [0, 0.05) is 12.5 Å². The first kappa shape index (κ1) is 12.6. The quantitative estimate of drug-likeness (QED) is 0.885. The molecule has 1 aromatic rings. The van der Waals surface area contributed by atoms with Crippen LogP contribution >= 0.6 is 0 Å². The van der Waals surface area contributed by atoms with Gasteiger partial charge in [0.05, 0.1) is 11.6 Å². The molecule has 2 unspecified atom stereocenters. The first-order valence-corrected chi connectivity index (χ1v) is 6.47. The van der Waals surface area contributed by atoms with E-state index in [1.165, 1.54) is 0 Å². The third-order valence-electron chi connectivity index (χ3n) is 3.75. The SMILES string of the molecule is CC1CCCC1C(=O)NCc1ccc(C#N)cc1. The van der Waals surface area contributed by atoms with Crippen molar-refractivity contribution in [2.75, 3.05) is 0 Å². The van der Waals surface area contributed by atoms with Gasteiger partial charge in [-0.25, -0.2) is 0 Å². The Morgan fingerprint density at radius 3 is 2.67 bits per heavy atom. The molecule has 0 bridgehead atoms. The van der Waals surface area contributed by atoms with E-state index < -0.39 is 0 Å². The van der Waals surface area contributed by atoms with Crippen LogP contribution < -0.4 is 5.32 Å². The van der Waals surface area contributed by atoms with E-state index in [1.807, 2.05) is 12.1 Å². The lowest BCUT2D eigenvalue weighted by atomic mass is 9.97. The predicted octanol–water partition coefficient (Wildman–Crippen LogP) is 2.61. The fourth-order valence-electron chi connectivity index (χ4n) is 2.55. The van der Waals surface area contributed by atoms with Gasteiger partial charge >= 0.3 is 0 Å². The molecule has 1 amide bonds. The number of nitriles is 1. The van der Waals surface area contributed by atoms with Crippen LogP contribution in [-0.2, 0) is 11.3 Å². The number of carbonyl (C=O) groups is 1. The molecule has 2 rings (SSSR count). The molecule has 0 saturated heterocycles. The Kier molecular flexibility index (Phi) is 3.99. The Morgan fingerprint density at radius 1 is 1.39 bits per heavy atom. The van der Waals surface area contributed by atoms with Crippen molar-refractivity contribution in [2.45, 2.75) is 32.7 Å². The highest BCUT2D eigenvalue weighted by Crippen LogP contribution is 2.31. The Labute approximate surface area is 108 Å². The molecule has 1 aliphatic carbocycles. The van der Waals surface area contributed by atoms with Crippen LogP contribution in [0.3, 0.4) is 0 Å². The molecule has 1 N–H and O–H groups in total. The summed E-state index contributed by atoms with van der Waals surface area (Å²) >= 11 is 0. The third-order valence-corrected chi connectivity index (χ3v) is 3.75. The topological polar surface area (TPSA) is 52.9 Å². The zero-order chi connectivity index (χ0) is 13.0. The Morgan fingerprint density at radius 2 is 2.11 bits per heavy atom. The largest absolute Gasteiger partial charge is 0.352 e. The van der Waals surface area contributed by atoms with Gasteiger partial charge in [-0.05, 0) is 36.5 Å². The van der Waals surface area contributed by atoms with Crippen LogP contribution in [0.4, 0.5) is 0 Å². The van der Waals surface area contributed by atoms with Crippen molar-refractivity contribution in [1.29, 1.82) is 5.26 Å². The van der Waals surface area contributed by atoms with Crippen molar-refractivity contribution in [2.24, 2.45) is 11.8 Å². The molecule has 0 spiro atoms. The summed E-state index contributed by atoms with van der Waals surface area (Å²) in [7, 11) is 0. The third kappa shape index (κ3) is 2.89. The number of nitrogens with one attached hydrogen (secondary N) is 1. The van der Waals surface area contributed by atoms with Crippen molar-refractivity contribution < 1.29 is 4.79 Å². The van der Waals surface area contributed by atoms with E-state index in [2.05, 4.69) is 18.3 Å². The van der Waals surface area contributed by atoms with Gasteiger partial charge in [0.15, 0.2) is 0 Å². The maximum atomic E-state index is 12.0. The normalized spacial score (nSPS) is 22.4. The van der Waals surface area contributed by atoms with Gasteiger partial charge < -0.3 is 5.32 Å². The highest BCUT2D eigenvalue weighted by molar-refractivity contribution is 5.79. The summed E-state index contributed by atoms with van der Waals surface area (Å²) in [6.07, 6.45) is 3.34. The predicted molar refractivity (Wildman–Crippen MR) is 69.5 cm³/mol. The zero-order valence-electron chi connectivity index (χ0n) is 10.6. The van der Waals surface area contributed by atoms with E-state index >= 15 is 0 Å². The highest BCUT2D eigenvalue weighted by Gasteiger charge is 2.29. The van der Waals surface area contributed by atoms with E-state index in [-0.39, 0.29) is 11.8 Å². The lowest BCUT2D eigenvalue weighted by molar-refractivity contribution is -0.126. The van der Waals surface area contributed by atoms with Gasteiger partial charge in [-0.3, -0.25) is 4.79 Å². The molecule has 0 aliphatic heterocycles. The summed E-state index contributed by atoms with van der Waals surface area (Å²) in [6.45, 7) is 2.70. The molecule has 3 heteroatoms. The molecule has 18 heavy (non-hydrogen) atoms. The Hall–Kier alpha value is -1.82. The van der Waals surface area contributed by atoms with Crippen molar-refractivity contribution in [1.82, 2.24) is 5.32 Å². The first-order valence-electron chi connectivity index (χ1n) is 6.47. The van der Waals surface area contributed by atoms with E-state index in [4.69, 9.17) is 5.26 Å². The van der Waals surface area contributed by atoms with Crippen LogP contribution in [-0.4, -0.2) is 5.91 Å². The van der Waals surface area contributed by atoms with Crippen molar-refractivity contribution in [3.8, 4) is 6.07 Å². The van der Waals surface area contributed by atoms with Crippen LogP contribution in [0.2, 0.25) is 0 Å². The second-order valence-corrected chi connectivity index (χ2v) is 5.04. The Bertz CT molecular complexity index is 458. The van der Waals surface area contributed by atoms with Crippen LogP contribution in [0.1, 0.15) is 37.3 Å². The van der Waals surface area contributed by atoms with Crippen molar-refractivity contribution in [3.05, 3.63) is 35.4 Å². The van der Waals surface area contributed by atoms with Crippen LogP contribution in [0.5, 0.6) is 0 Å². The minimum absolute atomic E-state index is 0.171. The first-order chi connectivity index (χ1) is 8.70. The summed E-state index contributed by atoms with van der Waals surface area (Å²) in [5, 5.41) is 11.7. The molecule has 2 atom stereocenters. The smallest absolute Gasteiger partial charge is 0.223 e. The molecule has 0 radical (unpaired) electrons. The van der Waals surface area contributed by atoms with E-state index in [0.29, 0.717) is 18.0 Å². The molecule has 94 valence electrons. The minimum Gasteiger partial charge on any atom is -0.352 e. The zero-order valence-corrected chi connectivity index (χ0v) is 10.6. The molecule has 1 aliphatic rings. The standard InChI is InChI=1S/C15H18N2O/c1-11-3-2-4-14(11)15(18)17-10-13-7-5-12(9-16)6-8-13/h5-8,11,14H,2-4,10H2,1H3,(H,17,18). The number of benzene rings is 1. The van der Waals surface area contributed by atoms with Gasteiger partial charge in [0.2, 0.25) is 5.91 Å². The highest BCUT2D eigenvalue weighted by atomic mass is 16.1. The number of hydrogen-bond donors (Lipinski definition) is 1. The van der Waals surface area contributed by atoms with Crippen LogP contribution in [0.15, 0.2) is 24.3 Å². The number of hydrogen-bond acceptors (Lipinski definition) is 2. The van der Waals surface area contributed by atoms with Crippen molar-refractivity contribution in [3.63, 3.8) is 0 Å². The van der Waals surface area contributed by atoms with Gasteiger partial charge in [0.1, 0.15) is 0 Å². The molecular weight excluding hydrogens is 224 g/mol. The second-order valence-electron chi connectivity index (χ2n) is 5.04. The van der Waals surface area contributed by atoms with Gasteiger partial charge in [0.25, 0.3) is 0 Å². The maximum absolute atomic E-state index is 12.0. The molecular formula is C15H18N2O. The van der Waals surface area contributed by atoms with E-state index in [0.717, 1.165) is 24.8 Å². The Balaban J connectivity index is 1.87. The lowest BCUT2D eigenvalue weighted by Crippen LogP contribution is -2.31. The summed E-state index contributed by atoms with van der Waals surface area (Å²) in [5.41, 5.74) is 1.68. The monoisotopic (exact) mass is 242 g/mol. The second kappa shape index (κ2) is 5.68. The van der Waals surface area contributed by atoms with E-state index in [9.17, 15) is 4.79 Å². The number of amides is 1. The number of rotatable bonds is 3. The van der Waals surface area contributed by atoms with Gasteiger partial charge in [-0.15, -0.1) is 0 Å². The molecule has 3 nitrogen and oxygen atoms in total. The maximum Gasteiger partial charge on any atom is 0.223 e. The average molecular weight is 242 g/mol. The minimum atomic E-state index is 0.171.